The average molecular weight is 251 g/mol. The molecule has 18 heavy (non-hydrogen) atoms. The molecule has 0 amide bonds. The molecule has 1 saturated carbocycles. The maximum atomic E-state index is 12.0. The molecule has 0 aromatic carbocycles. The van der Waals surface area contributed by atoms with Gasteiger partial charge in [-0.05, 0) is 43.6 Å². The summed E-state index contributed by atoms with van der Waals surface area (Å²) in [5, 5.41) is 0. The van der Waals surface area contributed by atoms with Crippen LogP contribution < -0.4 is 0 Å². The summed E-state index contributed by atoms with van der Waals surface area (Å²) in [4.78, 5) is 14.6. The van der Waals surface area contributed by atoms with Crippen LogP contribution in [0.2, 0.25) is 0 Å². The van der Waals surface area contributed by atoms with E-state index in [1.807, 2.05) is 0 Å². The number of ketones is 1. The van der Waals surface area contributed by atoms with Gasteiger partial charge in [0.25, 0.3) is 0 Å². The predicted molar refractivity (Wildman–Crippen MR) is 75.5 cm³/mol. The Labute approximate surface area is 112 Å². The Morgan fingerprint density at radius 3 is 2.72 bits per heavy atom. The maximum absolute atomic E-state index is 12.0. The van der Waals surface area contributed by atoms with Crippen molar-refractivity contribution in [2.75, 3.05) is 19.6 Å². The van der Waals surface area contributed by atoms with Crippen molar-refractivity contribution in [2.24, 2.45) is 23.7 Å². The molecular weight excluding hydrogens is 222 g/mol. The molecule has 2 rings (SSSR count). The quantitative estimate of drug-likeness (QED) is 0.763. The normalized spacial score (nSPS) is 34.4. The molecule has 1 aliphatic heterocycles. The molecule has 0 aromatic heterocycles. The van der Waals surface area contributed by atoms with Crippen molar-refractivity contribution >= 4 is 5.78 Å². The molecule has 3 unspecified atom stereocenters. The maximum Gasteiger partial charge on any atom is 0.137 e. The molecule has 1 heterocycles. The van der Waals surface area contributed by atoms with Crippen molar-refractivity contribution in [3.05, 3.63) is 0 Å². The third kappa shape index (κ3) is 3.34. The summed E-state index contributed by atoms with van der Waals surface area (Å²) < 4.78 is 0. The lowest BCUT2D eigenvalue weighted by atomic mass is 9.79. The summed E-state index contributed by atoms with van der Waals surface area (Å²) in [7, 11) is 0. The highest BCUT2D eigenvalue weighted by molar-refractivity contribution is 5.81. The second-order valence-electron chi connectivity index (χ2n) is 6.76. The van der Waals surface area contributed by atoms with E-state index in [0.29, 0.717) is 11.7 Å². The fourth-order valence-electron chi connectivity index (χ4n) is 3.63. The van der Waals surface area contributed by atoms with Gasteiger partial charge in [-0.2, -0.15) is 0 Å². The predicted octanol–water partition coefficient (Wildman–Crippen LogP) is 3.36. The van der Waals surface area contributed by atoms with Crippen LogP contribution in [0.3, 0.4) is 0 Å². The Hall–Kier alpha value is -0.370. The third-order valence-electron chi connectivity index (χ3n) is 5.18. The standard InChI is InChI=1S/C16H29NO/c1-4-13-5-6-16(18)15(9-13)11-17-8-7-14(10-17)12(2)3/h12-15H,4-11H2,1-3H3. The van der Waals surface area contributed by atoms with E-state index in [-0.39, 0.29) is 0 Å². The summed E-state index contributed by atoms with van der Waals surface area (Å²) in [6.07, 6.45) is 5.71. The number of nitrogens with zero attached hydrogens (tertiary/aromatic N) is 1. The Bertz CT molecular complexity index is 287. The minimum absolute atomic E-state index is 0.342. The molecule has 2 aliphatic rings. The third-order valence-corrected chi connectivity index (χ3v) is 5.18. The van der Waals surface area contributed by atoms with Gasteiger partial charge < -0.3 is 4.90 Å². The van der Waals surface area contributed by atoms with Crippen LogP contribution in [0.25, 0.3) is 0 Å². The molecule has 0 aromatic rings. The SMILES string of the molecule is CCC1CCC(=O)C(CN2CCC(C(C)C)C2)C1. The number of carbonyl (C=O) groups excluding carboxylic acids is 1. The van der Waals surface area contributed by atoms with Crippen molar-refractivity contribution < 1.29 is 4.79 Å². The zero-order valence-corrected chi connectivity index (χ0v) is 12.3. The van der Waals surface area contributed by atoms with Crippen molar-refractivity contribution in [1.29, 1.82) is 0 Å². The average Bonchev–Trinajstić information content (AvgIpc) is 2.81. The molecule has 1 aliphatic carbocycles. The van der Waals surface area contributed by atoms with Gasteiger partial charge >= 0.3 is 0 Å². The lowest BCUT2D eigenvalue weighted by Crippen LogP contribution is -2.35. The second-order valence-corrected chi connectivity index (χ2v) is 6.76. The van der Waals surface area contributed by atoms with Crippen LogP contribution in [0.5, 0.6) is 0 Å². The summed E-state index contributed by atoms with van der Waals surface area (Å²) in [5.41, 5.74) is 0. The summed E-state index contributed by atoms with van der Waals surface area (Å²) in [5.74, 6) is 3.32. The fourth-order valence-corrected chi connectivity index (χ4v) is 3.63. The van der Waals surface area contributed by atoms with Crippen LogP contribution in [0.4, 0.5) is 0 Å². The van der Waals surface area contributed by atoms with Gasteiger partial charge in [0, 0.05) is 25.4 Å². The van der Waals surface area contributed by atoms with Crippen LogP contribution >= 0.6 is 0 Å². The van der Waals surface area contributed by atoms with E-state index in [1.165, 1.54) is 25.9 Å². The lowest BCUT2D eigenvalue weighted by Gasteiger charge is -2.30. The van der Waals surface area contributed by atoms with Gasteiger partial charge in [-0.3, -0.25) is 4.79 Å². The highest BCUT2D eigenvalue weighted by Crippen LogP contribution is 2.31. The first-order valence-corrected chi connectivity index (χ1v) is 7.85. The molecule has 0 radical (unpaired) electrons. The van der Waals surface area contributed by atoms with Crippen molar-refractivity contribution in [1.82, 2.24) is 4.90 Å². The molecule has 0 bridgehead atoms. The van der Waals surface area contributed by atoms with Gasteiger partial charge in [-0.15, -0.1) is 0 Å². The zero-order chi connectivity index (χ0) is 13.1. The number of rotatable bonds is 4. The summed E-state index contributed by atoms with van der Waals surface area (Å²) in [6.45, 7) is 10.4. The van der Waals surface area contributed by atoms with Gasteiger partial charge in [0.1, 0.15) is 5.78 Å². The van der Waals surface area contributed by atoms with Crippen molar-refractivity contribution in [3.63, 3.8) is 0 Å². The van der Waals surface area contributed by atoms with Gasteiger partial charge in [0.05, 0.1) is 0 Å². The van der Waals surface area contributed by atoms with Crippen LogP contribution in [0.1, 0.15) is 52.9 Å². The first-order valence-electron chi connectivity index (χ1n) is 7.85. The van der Waals surface area contributed by atoms with Crippen LogP contribution in [-0.2, 0) is 4.79 Å². The van der Waals surface area contributed by atoms with E-state index in [2.05, 4.69) is 25.7 Å². The minimum Gasteiger partial charge on any atom is -0.302 e. The molecular formula is C16H29NO. The highest BCUT2D eigenvalue weighted by Gasteiger charge is 2.32. The monoisotopic (exact) mass is 251 g/mol. The summed E-state index contributed by atoms with van der Waals surface area (Å²) >= 11 is 0. The molecule has 2 heteroatoms. The Morgan fingerprint density at radius 1 is 1.33 bits per heavy atom. The molecule has 2 fully saturated rings. The number of likely N-dealkylation sites (tertiary alicyclic amines) is 1. The van der Waals surface area contributed by atoms with E-state index in [9.17, 15) is 4.79 Å². The smallest absolute Gasteiger partial charge is 0.137 e. The lowest BCUT2D eigenvalue weighted by molar-refractivity contribution is -0.126. The molecule has 0 N–H and O–H groups in total. The van der Waals surface area contributed by atoms with Crippen LogP contribution in [0, 0.1) is 23.7 Å². The number of hydrogen-bond donors (Lipinski definition) is 0. The molecule has 0 spiro atoms. The van der Waals surface area contributed by atoms with Crippen molar-refractivity contribution in [3.8, 4) is 0 Å². The van der Waals surface area contributed by atoms with E-state index < -0.39 is 0 Å². The second kappa shape index (κ2) is 6.18. The number of carbonyl (C=O) groups is 1. The van der Waals surface area contributed by atoms with E-state index >= 15 is 0 Å². The van der Waals surface area contributed by atoms with Crippen molar-refractivity contribution in [2.45, 2.75) is 52.9 Å². The first-order chi connectivity index (χ1) is 8.60. The fraction of sp³-hybridized carbons (Fsp3) is 0.938. The van der Waals surface area contributed by atoms with Gasteiger partial charge in [-0.25, -0.2) is 0 Å². The molecule has 1 saturated heterocycles. The molecule has 3 atom stereocenters. The van der Waals surface area contributed by atoms with Gasteiger partial charge in [0.2, 0.25) is 0 Å². The minimum atomic E-state index is 0.342. The van der Waals surface area contributed by atoms with Gasteiger partial charge in [-0.1, -0.05) is 27.2 Å². The van der Waals surface area contributed by atoms with E-state index in [4.69, 9.17) is 0 Å². The van der Waals surface area contributed by atoms with Crippen LogP contribution in [0.15, 0.2) is 0 Å². The Kier molecular flexibility index (Phi) is 4.83. The highest BCUT2D eigenvalue weighted by atomic mass is 16.1. The largest absolute Gasteiger partial charge is 0.302 e. The molecule has 104 valence electrons. The Balaban J connectivity index is 1.83. The zero-order valence-electron chi connectivity index (χ0n) is 12.3. The summed E-state index contributed by atoms with van der Waals surface area (Å²) in [6, 6.07) is 0. The topological polar surface area (TPSA) is 20.3 Å². The number of Topliss-reactive ketones (excluding diaryl/α,β-unsaturated/α-hetero) is 1. The first kappa shape index (κ1) is 14.0. The molecule has 2 nitrogen and oxygen atoms in total. The number of hydrogen-bond acceptors (Lipinski definition) is 2. The van der Waals surface area contributed by atoms with E-state index in [1.54, 1.807) is 0 Å². The Morgan fingerprint density at radius 2 is 2.11 bits per heavy atom. The van der Waals surface area contributed by atoms with E-state index in [0.717, 1.165) is 43.6 Å². The van der Waals surface area contributed by atoms with Crippen LogP contribution in [-0.4, -0.2) is 30.3 Å². The van der Waals surface area contributed by atoms with Gasteiger partial charge in [0.15, 0.2) is 0 Å².